The van der Waals surface area contributed by atoms with Crippen LogP contribution in [-0.2, 0) is 9.16 Å². The molecule has 0 spiro atoms. The summed E-state index contributed by atoms with van der Waals surface area (Å²) in [5.74, 6) is 1.38. The van der Waals surface area contributed by atoms with Crippen LogP contribution in [0, 0.1) is 5.92 Å². The van der Waals surface area contributed by atoms with Crippen LogP contribution >= 0.6 is 0 Å². The molecule has 0 aromatic rings. The molecule has 2 nitrogen and oxygen atoms in total. The Kier molecular flexibility index (Phi) is 8.39. The van der Waals surface area contributed by atoms with Gasteiger partial charge in [-0.25, -0.2) is 0 Å². The van der Waals surface area contributed by atoms with E-state index in [4.69, 9.17) is 9.16 Å². The number of hydrogen-bond donors (Lipinski definition) is 0. The Morgan fingerprint density at radius 3 is 2.29 bits per heavy atom. The Morgan fingerprint density at radius 2 is 1.88 bits per heavy atom. The highest BCUT2D eigenvalue weighted by Gasteiger charge is 2.18. The van der Waals surface area contributed by atoms with Crippen LogP contribution in [0.1, 0.15) is 46.5 Å². The molecule has 0 amide bonds. The number of unbranched alkanes of at least 4 members (excludes halogenated alkanes) is 1. The number of ether oxygens (including phenoxy) is 1. The van der Waals surface area contributed by atoms with Crippen molar-refractivity contribution >= 4 is 8.32 Å². The minimum absolute atomic E-state index is 0.662. The zero-order chi connectivity index (χ0) is 13.3. The SMILES string of the molecule is CC=C(OCC(CC)CCCC)O[Si](C)(C)C. The van der Waals surface area contributed by atoms with Crippen LogP contribution in [0.4, 0.5) is 0 Å². The van der Waals surface area contributed by atoms with Crippen LogP contribution in [0.3, 0.4) is 0 Å². The zero-order valence-electron chi connectivity index (χ0n) is 12.5. The van der Waals surface area contributed by atoms with Crippen LogP contribution in [0.2, 0.25) is 19.6 Å². The fraction of sp³-hybridized carbons (Fsp3) is 0.857. The van der Waals surface area contributed by atoms with Crippen molar-refractivity contribution in [3.63, 3.8) is 0 Å². The first-order valence-corrected chi connectivity index (χ1v) is 10.3. The lowest BCUT2D eigenvalue weighted by Gasteiger charge is -2.23. The summed E-state index contributed by atoms with van der Waals surface area (Å²) in [5, 5.41) is 0. The second-order valence-electron chi connectivity index (χ2n) is 5.55. The molecule has 0 bridgehead atoms. The van der Waals surface area contributed by atoms with Crippen LogP contribution in [-0.4, -0.2) is 14.9 Å². The van der Waals surface area contributed by atoms with Gasteiger partial charge in [-0.15, -0.1) is 0 Å². The van der Waals surface area contributed by atoms with Gasteiger partial charge in [0.05, 0.1) is 6.61 Å². The van der Waals surface area contributed by atoms with E-state index >= 15 is 0 Å². The highest BCUT2D eigenvalue weighted by atomic mass is 28.4. The molecule has 1 unspecified atom stereocenters. The molecule has 0 fully saturated rings. The van der Waals surface area contributed by atoms with Gasteiger partial charge in [-0.1, -0.05) is 33.1 Å². The monoisotopic (exact) mass is 258 g/mol. The van der Waals surface area contributed by atoms with Gasteiger partial charge in [-0.2, -0.15) is 0 Å². The van der Waals surface area contributed by atoms with Crippen molar-refractivity contribution in [1.29, 1.82) is 0 Å². The third-order valence-corrected chi connectivity index (χ3v) is 3.46. The number of allylic oxidation sites excluding steroid dienone is 1. The second kappa shape index (κ2) is 8.62. The van der Waals surface area contributed by atoms with Crippen molar-refractivity contribution in [2.24, 2.45) is 5.92 Å². The minimum atomic E-state index is -1.54. The van der Waals surface area contributed by atoms with E-state index in [9.17, 15) is 0 Å². The highest BCUT2D eigenvalue weighted by Crippen LogP contribution is 2.17. The molecule has 0 saturated carbocycles. The highest BCUT2D eigenvalue weighted by molar-refractivity contribution is 6.69. The molecular weight excluding hydrogens is 228 g/mol. The molecule has 1 atom stereocenters. The van der Waals surface area contributed by atoms with Crippen molar-refractivity contribution in [3.8, 4) is 0 Å². The lowest BCUT2D eigenvalue weighted by atomic mass is 10.0. The van der Waals surface area contributed by atoms with Crippen LogP contribution in [0.5, 0.6) is 0 Å². The topological polar surface area (TPSA) is 18.5 Å². The van der Waals surface area contributed by atoms with Gasteiger partial charge in [0, 0.05) is 0 Å². The van der Waals surface area contributed by atoms with E-state index in [2.05, 4.69) is 33.5 Å². The van der Waals surface area contributed by atoms with E-state index in [-0.39, 0.29) is 0 Å². The summed E-state index contributed by atoms with van der Waals surface area (Å²) in [7, 11) is -1.54. The molecule has 0 aromatic heterocycles. The van der Waals surface area contributed by atoms with Gasteiger partial charge in [0.15, 0.2) is 0 Å². The Hall–Kier alpha value is -0.443. The van der Waals surface area contributed by atoms with Crippen molar-refractivity contribution in [2.45, 2.75) is 66.1 Å². The van der Waals surface area contributed by atoms with E-state index in [1.54, 1.807) is 0 Å². The maximum Gasteiger partial charge on any atom is 0.260 e. The second-order valence-corrected chi connectivity index (χ2v) is 9.98. The maximum atomic E-state index is 5.86. The van der Waals surface area contributed by atoms with Gasteiger partial charge >= 0.3 is 0 Å². The van der Waals surface area contributed by atoms with Crippen LogP contribution < -0.4 is 0 Å². The smallest absolute Gasteiger partial charge is 0.260 e. The Labute approximate surface area is 109 Å². The third-order valence-electron chi connectivity index (χ3n) is 2.65. The van der Waals surface area contributed by atoms with Crippen LogP contribution in [0.15, 0.2) is 12.0 Å². The molecule has 3 heteroatoms. The summed E-state index contributed by atoms with van der Waals surface area (Å²) < 4.78 is 11.7. The molecule has 0 aliphatic rings. The zero-order valence-corrected chi connectivity index (χ0v) is 13.5. The summed E-state index contributed by atoms with van der Waals surface area (Å²) in [6.45, 7) is 13.8. The average Bonchev–Trinajstić information content (AvgIpc) is 2.26. The number of hydrogen-bond acceptors (Lipinski definition) is 2. The minimum Gasteiger partial charge on any atom is -0.520 e. The summed E-state index contributed by atoms with van der Waals surface area (Å²) in [6.07, 6.45) is 6.94. The normalized spacial score (nSPS) is 14.6. The predicted molar refractivity (Wildman–Crippen MR) is 77.4 cm³/mol. The van der Waals surface area contributed by atoms with E-state index in [1.807, 2.05) is 13.0 Å². The van der Waals surface area contributed by atoms with Gasteiger partial charge < -0.3 is 9.16 Å². The van der Waals surface area contributed by atoms with E-state index in [0.717, 1.165) is 12.6 Å². The van der Waals surface area contributed by atoms with Crippen molar-refractivity contribution in [3.05, 3.63) is 12.0 Å². The van der Waals surface area contributed by atoms with Gasteiger partial charge in [-0.3, -0.25) is 0 Å². The summed E-state index contributed by atoms with van der Waals surface area (Å²) in [4.78, 5) is 0. The summed E-state index contributed by atoms with van der Waals surface area (Å²) in [6, 6.07) is 0. The largest absolute Gasteiger partial charge is 0.520 e. The third kappa shape index (κ3) is 9.28. The number of rotatable bonds is 9. The summed E-state index contributed by atoms with van der Waals surface area (Å²) >= 11 is 0. The van der Waals surface area contributed by atoms with Crippen LogP contribution in [0.25, 0.3) is 0 Å². The standard InChI is InChI=1S/C14H30O2Si/c1-7-10-11-13(8-2)12-15-14(9-3)16-17(4,5)6/h9,13H,7-8,10-12H2,1-6H3. The van der Waals surface area contributed by atoms with E-state index < -0.39 is 8.32 Å². The fourth-order valence-corrected chi connectivity index (χ4v) is 2.35. The quantitative estimate of drug-likeness (QED) is 0.431. The average molecular weight is 258 g/mol. The van der Waals surface area contributed by atoms with Gasteiger partial charge in [0.2, 0.25) is 8.32 Å². The maximum absolute atomic E-state index is 5.86. The molecule has 0 aliphatic heterocycles. The van der Waals surface area contributed by atoms with E-state index in [0.29, 0.717) is 5.92 Å². The first kappa shape index (κ1) is 16.6. The van der Waals surface area contributed by atoms with Crippen molar-refractivity contribution < 1.29 is 9.16 Å². The molecule has 0 radical (unpaired) electrons. The van der Waals surface area contributed by atoms with Gasteiger partial charge in [0.1, 0.15) is 0 Å². The molecule has 102 valence electrons. The van der Waals surface area contributed by atoms with Gasteiger partial charge in [-0.05, 0) is 45.0 Å². The molecule has 0 saturated heterocycles. The van der Waals surface area contributed by atoms with Crippen molar-refractivity contribution in [2.75, 3.05) is 6.61 Å². The lowest BCUT2D eigenvalue weighted by Crippen LogP contribution is -2.26. The summed E-state index contributed by atoms with van der Waals surface area (Å²) in [5.41, 5.74) is 0. The molecule has 0 aromatic carbocycles. The fourth-order valence-electron chi connectivity index (χ4n) is 1.57. The molecule has 0 aliphatic carbocycles. The van der Waals surface area contributed by atoms with Gasteiger partial charge in [0.25, 0.3) is 5.95 Å². The molecule has 0 heterocycles. The Morgan fingerprint density at radius 1 is 1.24 bits per heavy atom. The predicted octanol–water partition coefficient (Wildman–Crippen LogP) is 4.93. The Balaban J connectivity index is 4.04. The Bertz CT molecular complexity index is 219. The van der Waals surface area contributed by atoms with E-state index in [1.165, 1.54) is 25.7 Å². The van der Waals surface area contributed by atoms with Crippen molar-refractivity contribution in [1.82, 2.24) is 0 Å². The molecule has 0 rings (SSSR count). The first-order valence-electron chi connectivity index (χ1n) is 6.91. The first-order chi connectivity index (χ1) is 7.92. The lowest BCUT2D eigenvalue weighted by molar-refractivity contribution is 0.0731. The molecule has 17 heavy (non-hydrogen) atoms. The molecule has 0 N–H and O–H groups in total. The molecular formula is C14H30O2Si.